The Hall–Kier alpha value is -1.35. The SMILES string of the molecule is CC(C)(C)CCN1CCc2c(cccc2C(=O)O)C1. The van der Waals surface area contributed by atoms with Crippen molar-refractivity contribution in [1.29, 1.82) is 0 Å². The van der Waals surface area contributed by atoms with Crippen LogP contribution >= 0.6 is 0 Å². The molecule has 0 saturated carbocycles. The van der Waals surface area contributed by atoms with Crippen LogP contribution < -0.4 is 0 Å². The van der Waals surface area contributed by atoms with Crippen molar-refractivity contribution in [1.82, 2.24) is 4.90 Å². The van der Waals surface area contributed by atoms with E-state index in [0.717, 1.165) is 31.6 Å². The lowest BCUT2D eigenvalue weighted by atomic mass is 9.90. The molecule has 0 fully saturated rings. The Morgan fingerprint density at radius 1 is 1.37 bits per heavy atom. The average Bonchev–Trinajstić information content (AvgIpc) is 2.34. The van der Waals surface area contributed by atoms with Crippen molar-refractivity contribution in [3.63, 3.8) is 0 Å². The number of benzene rings is 1. The summed E-state index contributed by atoms with van der Waals surface area (Å²) in [7, 11) is 0. The van der Waals surface area contributed by atoms with Crippen LogP contribution in [0.25, 0.3) is 0 Å². The molecular weight excluding hydrogens is 238 g/mol. The number of carboxylic acid groups (broad SMARTS) is 1. The van der Waals surface area contributed by atoms with E-state index in [1.54, 1.807) is 6.07 Å². The van der Waals surface area contributed by atoms with Crippen LogP contribution in [-0.4, -0.2) is 29.1 Å². The molecule has 1 aliphatic rings. The van der Waals surface area contributed by atoms with E-state index in [1.165, 1.54) is 12.0 Å². The Morgan fingerprint density at radius 3 is 2.74 bits per heavy atom. The van der Waals surface area contributed by atoms with E-state index in [9.17, 15) is 9.90 Å². The summed E-state index contributed by atoms with van der Waals surface area (Å²) in [5, 5.41) is 9.20. The predicted molar refractivity (Wildman–Crippen MR) is 76.5 cm³/mol. The van der Waals surface area contributed by atoms with E-state index >= 15 is 0 Å². The summed E-state index contributed by atoms with van der Waals surface area (Å²) in [5.41, 5.74) is 3.04. The summed E-state index contributed by atoms with van der Waals surface area (Å²) in [6, 6.07) is 5.63. The second-order valence-corrected chi connectivity index (χ2v) is 6.59. The fourth-order valence-electron chi connectivity index (χ4n) is 2.55. The van der Waals surface area contributed by atoms with Gasteiger partial charge < -0.3 is 5.11 Å². The Bertz CT molecular complexity index is 474. The van der Waals surface area contributed by atoms with Gasteiger partial charge in [-0.05, 0) is 42.0 Å². The summed E-state index contributed by atoms with van der Waals surface area (Å²) in [6.07, 6.45) is 2.02. The Balaban J connectivity index is 2.08. The topological polar surface area (TPSA) is 40.5 Å². The predicted octanol–water partition coefficient (Wildman–Crippen LogP) is 3.18. The molecule has 1 aromatic carbocycles. The van der Waals surface area contributed by atoms with Gasteiger partial charge in [0.25, 0.3) is 0 Å². The van der Waals surface area contributed by atoms with E-state index in [2.05, 4.69) is 31.7 Å². The van der Waals surface area contributed by atoms with Gasteiger partial charge in [-0.2, -0.15) is 0 Å². The molecule has 0 bridgehead atoms. The molecule has 1 N–H and O–H groups in total. The molecule has 3 nitrogen and oxygen atoms in total. The molecule has 1 aliphatic heterocycles. The third-order valence-corrected chi connectivity index (χ3v) is 3.75. The molecule has 2 rings (SSSR count). The maximum atomic E-state index is 11.2. The zero-order chi connectivity index (χ0) is 14.0. The van der Waals surface area contributed by atoms with Crippen molar-refractivity contribution < 1.29 is 9.90 Å². The van der Waals surface area contributed by atoms with Gasteiger partial charge in [0.1, 0.15) is 0 Å². The van der Waals surface area contributed by atoms with Crippen LogP contribution in [0.1, 0.15) is 48.7 Å². The summed E-state index contributed by atoms with van der Waals surface area (Å²) in [5.74, 6) is -0.806. The van der Waals surface area contributed by atoms with Gasteiger partial charge in [-0.25, -0.2) is 4.79 Å². The minimum Gasteiger partial charge on any atom is -0.478 e. The monoisotopic (exact) mass is 261 g/mol. The van der Waals surface area contributed by atoms with E-state index in [1.807, 2.05) is 6.07 Å². The zero-order valence-corrected chi connectivity index (χ0v) is 12.1. The molecule has 0 radical (unpaired) electrons. The molecule has 1 heterocycles. The lowest BCUT2D eigenvalue weighted by Crippen LogP contribution is -2.33. The first kappa shape index (κ1) is 14.1. The maximum absolute atomic E-state index is 11.2. The summed E-state index contributed by atoms with van der Waals surface area (Å²) in [6.45, 7) is 9.70. The highest BCUT2D eigenvalue weighted by molar-refractivity contribution is 5.89. The minimum absolute atomic E-state index is 0.350. The molecule has 19 heavy (non-hydrogen) atoms. The summed E-state index contributed by atoms with van der Waals surface area (Å²) >= 11 is 0. The number of rotatable bonds is 3. The molecule has 0 amide bonds. The second kappa shape index (κ2) is 5.33. The highest BCUT2D eigenvalue weighted by Crippen LogP contribution is 2.25. The number of nitrogens with zero attached hydrogens (tertiary/aromatic N) is 1. The minimum atomic E-state index is -0.806. The molecule has 0 aromatic heterocycles. The average molecular weight is 261 g/mol. The Kier molecular flexibility index (Phi) is 3.95. The van der Waals surface area contributed by atoms with Crippen LogP contribution in [0.2, 0.25) is 0 Å². The largest absolute Gasteiger partial charge is 0.478 e. The summed E-state index contributed by atoms with van der Waals surface area (Å²) < 4.78 is 0. The van der Waals surface area contributed by atoms with Crippen molar-refractivity contribution in [3.05, 3.63) is 34.9 Å². The van der Waals surface area contributed by atoms with Gasteiger partial charge in [0.15, 0.2) is 0 Å². The van der Waals surface area contributed by atoms with Gasteiger partial charge in [-0.3, -0.25) is 4.90 Å². The van der Waals surface area contributed by atoms with Crippen LogP contribution in [0.5, 0.6) is 0 Å². The molecule has 1 aromatic rings. The third kappa shape index (κ3) is 3.57. The van der Waals surface area contributed by atoms with Crippen LogP contribution in [0.3, 0.4) is 0 Å². The van der Waals surface area contributed by atoms with E-state index in [0.29, 0.717) is 11.0 Å². The first-order valence-electron chi connectivity index (χ1n) is 6.93. The molecule has 0 spiro atoms. The highest BCUT2D eigenvalue weighted by atomic mass is 16.4. The zero-order valence-electron chi connectivity index (χ0n) is 12.1. The molecule has 0 aliphatic carbocycles. The first-order chi connectivity index (χ1) is 8.87. The van der Waals surface area contributed by atoms with Crippen molar-refractivity contribution in [3.8, 4) is 0 Å². The van der Waals surface area contributed by atoms with Gasteiger partial charge in [0.2, 0.25) is 0 Å². The quantitative estimate of drug-likeness (QED) is 0.908. The molecule has 0 unspecified atom stereocenters. The van der Waals surface area contributed by atoms with Gasteiger partial charge in [0, 0.05) is 13.1 Å². The van der Waals surface area contributed by atoms with E-state index in [-0.39, 0.29) is 0 Å². The number of hydrogen-bond acceptors (Lipinski definition) is 2. The maximum Gasteiger partial charge on any atom is 0.335 e. The van der Waals surface area contributed by atoms with Crippen LogP contribution in [0, 0.1) is 5.41 Å². The van der Waals surface area contributed by atoms with Crippen LogP contribution in [0.4, 0.5) is 0 Å². The molecule has 0 saturated heterocycles. The molecule has 104 valence electrons. The number of carboxylic acids is 1. The van der Waals surface area contributed by atoms with Crippen LogP contribution in [0.15, 0.2) is 18.2 Å². The van der Waals surface area contributed by atoms with Crippen molar-refractivity contribution >= 4 is 5.97 Å². The number of carbonyl (C=O) groups is 1. The van der Waals surface area contributed by atoms with Gasteiger partial charge in [-0.1, -0.05) is 32.9 Å². The van der Waals surface area contributed by atoms with E-state index < -0.39 is 5.97 Å². The second-order valence-electron chi connectivity index (χ2n) is 6.59. The highest BCUT2D eigenvalue weighted by Gasteiger charge is 2.22. The van der Waals surface area contributed by atoms with Crippen molar-refractivity contribution in [2.75, 3.05) is 13.1 Å². The van der Waals surface area contributed by atoms with Gasteiger partial charge >= 0.3 is 5.97 Å². The number of hydrogen-bond donors (Lipinski definition) is 1. The van der Waals surface area contributed by atoms with Crippen LogP contribution in [-0.2, 0) is 13.0 Å². The fraction of sp³-hybridized carbons (Fsp3) is 0.562. The smallest absolute Gasteiger partial charge is 0.335 e. The molecule has 3 heteroatoms. The Labute approximate surface area is 115 Å². The third-order valence-electron chi connectivity index (χ3n) is 3.75. The van der Waals surface area contributed by atoms with E-state index in [4.69, 9.17) is 0 Å². The first-order valence-corrected chi connectivity index (χ1v) is 6.93. The molecule has 0 atom stereocenters. The standard InChI is InChI=1S/C16H23NO2/c1-16(2,3)8-10-17-9-7-13-12(11-17)5-4-6-14(13)15(18)19/h4-6H,7-11H2,1-3H3,(H,18,19). The summed E-state index contributed by atoms with van der Waals surface area (Å²) in [4.78, 5) is 13.6. The number of aromatic carboxylic acids is 1. The Morgan fingerprint density at radius 2 is 2.11 bits per heavy atom. The van der Waals surface area contributed by atoms with Gasteiger partial charge in [-0.15, -0.1) is 0 Å². The van der Waals surface area contributed by atoms with Crippen molar-refractivity contribution in [2.24, 2.45) is 5.41 Å². The fourth-order valence-corrected chi connectivity index (χ4v) is 2.55. The van der Waals surface area contributed by atoms with Crippen molar-refractivity contribution in [2.45, 2.75) is 40.2 Å². The number of fused-ring (bicyclic) bond motifs is 1. The lowest BCUT2D eigenvalue weighted by molar-refractivity contribution is 0.0694. The van der Waals surface area contributed by atoms with Gasteiger partial charge in [0.05, 0.1) is 5.56 Å². The normalized spacial score (nSPS) is 16.2. The lowest BCUT2D eigenvalue weighted by Gasteiger charge is -2.31. The molecular formula is C16H23NO2.